The monoisotopic (exact) mass is 477 g/mol. The van der Waals surface area contributed by atoms with Crippen LogP contribution in [0.1, 0.15) is 65.9 Å². The van der Waals surface area contributed by atoms with Crippen LogP contribution in [0.2, 0.25) is 0 Å². The second kappa shape index (κ2) is 7.36. The van der Waals surface area contributed by atoms with Crippen LogP contribution in [0, 0.1) is 5.41 Å². The van der Waals surface area contributed by atoms with Crippen molar-refractivity contribution in [3.8, 4) is 0 Å². The molecule has 1 fully saturated rings. The molecular formula is C24H27N7O2S. The Bertz CT molecular complexity index is 1490. The minimum absolute atomic E-state index is 0.0686. The number of hydrogen-bond acceptors (Lipinski definition) is 7. The van der Waals surface area contributed by atoms with Gasteiger partial charge >= 0.3 is 0 Å². The van der Waals surface area contributed by atoms with E-state index in [1.54, 1.807) is 6.33 Å². The fraction of sp³-hybridized carbons (Fsp3) is 0.458. The van der Waals surface area contributed by atoms with E-state index in [4.69, 9.17) is 9.97 Å². The summed E-state index contributed by atoms with van der Waals surface area (Å²) >= 11 is 1.38. The van der Waals surface area contributed by atoms with E-state index in [0.717, 1.165) is 46.4 Å². The quantitative estimate of drug-likeness (QED) is 0.446. The van der Waals surface area contributed by atoms with Crippen LogP contribution < -0.4 is 10.6 Å². The highest BCUT2D eigenvalue weighted by Crippen LogP contribution is 2.40. The third-order valence-electron chi connectivity index (χ3n) is 6.63. The van der Waals surface area contributed by atoms with Crippen LogP contribution in [0.4, 0.5) is 10.9 Å². The topological polar surface area (TPSA) is 107 Å². The van der Waals surface area contributed by atoms with Gasteiger partial charge in [-0.15, -0.1) is 0 Å². The highest BCUT2D eigenvalue weighted by atomic mass is 32.1. The van der Waals surface area contributed by atoms with E-state index in [1.807, 2.05) is 29.2 Å². The number of pyridine rings is 1. The highest BCUT2D eigenvalue weighted by Gasteiger charge is 2.34. The van der Waals surface area contributed by atoms with Gasteiger partial charge in [-0.2, -0.15) is 0 Å². The number of ketones is 1. The van der Waals surface area contributed by atoms with Crippen LogP contribution in [0.5, 0.6) is 0 Å². The van der Waals surface area contributed by atoms with E-state index >= 15 is 0 Å². The third-order valence-corrected chi connectivity index (χ3v) is 7.68. The maximum absolute atomic E-state index is 12.9. The minimum atomic E-state index is -0.0831. The molecule has 0 aromatic carbocycles. The Balaban J connectivity index is 1.46. The molecule has 1 saturated carbocycles. The number of carbonyl (C=O) groups is 2. The molecule has 2 N–H and O–H groups in total. The average molecular weight is 478 g/mol. The number of fused-ring (bicyclic) bond motifs is 4. The van der Waals surface area contributed by atoms with Crippen LogP contribution >= 0.6 is 11.3 Å². The number of carbonyl (C=O) groups excluding carboxylic acids is 2. The highest BCUT2D eigenvalue weighted by molar-refractivity contribution is 7.17. The van der Waals surface area contributed by atoms with Gasteiger partial charge in [0.1, 0.15) is 16.9 Å². The summed E-state index contributed by atoms with van der Waals surface area (Å²) in [6, 6.07) is 2.20. The van der Waals surface area contributed by atoms with Gasteiger partial charge in [0.25, 0.3) is 5.91 Å². The Morgan fingerprint density at radius 1 is 1.26 bits per heavy atom. The van der Waals surface area contributed by atoms with Gasteiger partial charge in [-0.25, -0.2) is 15.0 Å². The molecule has 9 nitrogen and oxygen atoms in total. The Labute approximate surface area is 200 Å². The molecule has 0 unspecified atom stereocenters. The summed E-state index contributed by atoms with van der Waals surface area (Å²) in [5.41, 5.74) is 3.70. The first-order chi connectivity index (χ1) is 16.2. The molecule has 0 aliphatic heterocycles. The molecule has 0 saturated heterocycles. The van der Waals surface area contributed by atoms with Crippen LogP contribution in [-0.4, -0.2) is 41.8 Å². The van der Waals surface area contributed by atoms with Gasteiger partial charge in [0.05, 0.1) is 22.4 Å². The maximum atomic E-state index is 12.9. The van der Waals surface area contributed by atoms with E-state index in [1.165, 1.54) is 11.3 Å². The molecule has 34 heavy (non-hydrogen) atoms. The Morgan fingerprint density at radius 2 is 2.06 bits per heavy atom. The second-order valence-corrected chi connectivity index (χ2v) is 11.1. The van der Waals surface area contributed by atoms with Crippen molar-refractivity contribution in [1.82, 2.24) is 29.4 Å². The summed E-state index contributed by atoms with van der Waals surface area (Å²) < 4.78 is 3.90. The summed E-state index contributed by atoms with van der Waals surface area (Å²) in [6.07, 6.45) is 5.13. The number of aryl methyl sites for hydroxylation is 2. The fourth-order valence-corrected chi connectivity index (χ4v) is 5.79. The fourth-order valence-electron chi connectivity index (χ4n) is 4.87. The minimum Gasteiger partial charge on any atom is -0.348 e. The van der Waals surface area contributed by atoms with Crippen molar-refractivity contribution in [3.05, 3.63) is 28.7 Å². The van der Waals surface area contributed by atoms with Gasteiger partial charge in [0.15, 0.2) is 16.7 Å². The summed E-state index contributed by atoms with van der Waals surface area (Å²) in [5, 5.41) is 7.96. The molecule has 0 bridgehead atoms. The van der Waals surface area contributed by atoms with Gasteiger partial charge in [-0.05, 0) is 37.7 Å². The molecule has 176 valence electrons. The Morgan fingerprint density at radius 3 is 2.79 bits per heavy atom. The number of imidazole rings is 1. The van der Waals surface area contributed by atoms with E-state index < -0.39 is 0 Å². The summed E-state index contributed by atoms with van der Waals surface area (Å²) in [7, 11) is 1.94. The number of anilines is 2. The zero-order chi connectivity index (χ0) is 23.8. The van der Waals surface area contributed by atoms with Crippen LogP contribution in [-0.2, 0) is 20.0 Å². The summed E-state index contributed by atoms with van der Waals surface area (Å²) in [4.78, 5) is 40.6. The summed E-state index contributed by atoms with van der Waals surface area (Å²) in [5.74, 6) is 0.651. The number of nitrogens with one attached hydrogen (secondary N) is 2. The van der Waals surface area contributed by atoms with E-state index in [-0.39, 0.29) is 23.1 Å². The molecule has 0 spiro atoms. The largest absolute Gasteiger partial charge is 0.348 e. The molecule has 6 rings (SSSR count). The van der Waals surface area contributed by atoms with Gasteiger partial charge in [-0.1, -0.05) is 25.2 Å². The normalized spacial score (nSPS) is 17.4. The van der Waals surface area contributed by atoms with Crippen molar-refractivity contribution in [2.24, 2.45) is 12.5 Å². The molecule has 0 atom stereocenters. The zero-order valence-corrected chi connectivity index (χ0v) is 20.5. The predicted octanol–water partition coefficient (Wildman–Crippen LogP) is 4.19. The Hall–Kier alpha value is -3.27. The lowest BCUT2D eigenvalue weighted by atomic mass is 9.78. The van der Waals surface area contributed by atoms with Crippen molar-refractivity contribution < 1.29 is 9.59 Å². The summed E-state index contributed by atoms with van der Waals surface area (Å²) in [6.45, 7) is 6.83. The van der Waals surface area contributed by atoms with E-state index in [0.29, 0.717) is 35.1 Å². The third kappa shape index (κ3) is 3.39. The van der Waals surface area contributed by atoms with Gasteiger partial charge in [0.2, 0.25) is 0 Å². The van der Waals surface area contributed by atoms with E-state index in [2.05, 4.69) is 29.5 Å². The number of aromatic nitrogens is 5. The van der Waals surface area contributed by atoms with Gasteiger partial charge in [-0.3, -0.25) is 9.59 Å². The number of nitrogens with zero attached hydrogens (tertiary/aromatic N) is 5. The number of rotatable bonds is 5. The lowest BCUT2D eigenvalue weighted by molar-refractivity contribution is 0.0913. The molecule has 0 radical (unpaired) electrons. The van der Waals surface area contributed by atoms with Crippen molar-refractivity contribution in [1.29, 1.82) is 0 Å². The van der Waals surface area contributed by atoms with Gasteiger partial charge in [0, 0.05) is 31.4 Å². The Kier molecular flexibility index (Phi) is 4.61. The molecule has 4 aromatic rings. The standard InChI is InChI=1S/C24H27N7O2S/c1-5-31-15(22(33)26-12-6-7-12)8-13-18-17(25-11-30(18)4)20(28-21(13)31)29-23-27-14-9-24(2,3)10-16(32)19(14)34-23/h8,11-12H,5-7,9-10H2,1-4H3,(H,26,33)(H,27,28,29). The van der Waals surface area contributed by atoms with Crippen LogP contribution in [0.25, 0.3) is 22.1 Å². The number of Topliss-reactive ketones (excluding diaryl/α,β-unsaturated/α-hetero) is 1. The molecule has 1 amide bonds. The van der Waals surface area contributed by atoms with E-state index in [9.17, 15) is 9.59 Å². The molecule has 2 aliphatic rings. The first-order valence-electron chi connectivity index (χ1n) is 11.7. The molecular weight excluding hydrogens is 450 g/mol. The number of thiazole rings is 1. The first-order valence-corrected chi connectivity index (χ1v) is 12.5. The molecule has 10 heteroatoms. The molecule has 2 aliphatic carbocycles. The van der Waals surface area contributed by atoms with Gasteiger partial charge < -0.3 is 19.8 Å². The van der Waals surface area contributed by atoms with Crippen LogP contribution in [0.3, 0.4) is 0 Å². The predicted molar refractivity (Wildman–Crippen MR) is 132 cm³/mol. The lowest BCUT2D eigenvalue weighted by Crippen LogP contribution is -2.27. The van der Waals surface area contributed by atoms with Crippen molar-refractivity contribution in [3.63, 3.8) is 0 Å². The maximum Gasteiger partial charge on any atom is 0.268 e. The smallest absolute Gasteiger partial charge is 0.268 e. The average Bonchev–Trinajstić information content (AvgIpc) is 3.18. The second-order valence-electron chi connectivity index (χ2n) is 10.1. The number of hydrogen-bond donors (Lipinski definition) is 2. The molecule has 4 heterocycles. The SMILES string of the molecule is CCn1c(C(=O)NC2CC2)cc2c3c(ncn3C)c(Nc3nc4c(s3)C(=O)CC(C)(C)C4)nc21. The zero-order valence-electron chi connectivity index (χ0n) is 19.7. The van der Waals surface area contributed by atoms with Crippen molar-refractivity contribution in [2.45, 2.75) is 59.0 Å². The number of amides is 1. The molecule has 4 aromatic heterocycles. The lowest BCUT2D eigenvalue weighted by Gasteiger charge is -2.26. The van der Waals surface area contributed by atoms with Crippen molar-refractivity contribution >= 4 is 56.0 Å². The van der Waals surface area contributed by atoms with Crippen molar-refractivity contribution in [2.75, 3.05) is 5.32 Å². The van der Waals surface area contributed by atoms with Crippen LogP contribution in [0.15, 0.2) is 12.4 Å². The first kappa shape index (κ1) is 21.3.